The minimum atomic E-state index is -0.388. The van der Waals surface area contributed by atoms with Crippen LogP contribution < -0.4 is 10.6 Å². The van der Waals surface area contributed by atoms with Gasteiger partial charge < -0.3 is 5.32 Å². The fourth-order valence-corrected chi connectivity index (χ4v) is 0.802. The van der Waals surface area contributed by atoms with Gasteiger partial charge >= 0.3 is 6.03 Å². The normalized spacial score (nSPS) is 21.4. The van der Waals surface area contributed by atoms with E-state index in [0.717, 1.165) is 6.42 Å². The van der Waals surface area contributed by atoms with Crippen molar-refractivity contribution in [3.05, 3.63) is 0 Å². The highest BCUT2D eigenvalue weighted by Crippen LogP contribution is 1.93. The van der Waals surface area contributed by atoms with Crippen LogP contribution in [-0.2, 0) is 19.6 Å². The van der Waals surface area contributed by atoms with Crippen molar-refractivity contribution in [1.29, 1.82) is 0 Å². The maximum atomic E-state index is 10.3. The van der Waals surface area contributed by atoms with Crippen molar-refractivity contribution < 1.29 is 24.4 Å². The molecular weight excluding hydrogens is 192 g/mol. The minimum absolute atomic E-state index is 0.200. The molecule has 2 fully saturated rings. The molecule has 7 heteroatoms. The van der Waals surface area contributed by atoms with E-state index in [0.29, 0.717) is 26.2 Å². The third-order valence-corrected chi connectivity index (χ3v) is 1.44. The van der Waals surface area contributed by atoms with Crippen LogP contribution in [0.2, 0.25) is 0 Å². The lowest BCUT2D eigenvalue weighted by molar-refractivity contribution is -0.532. The van der Waals surface area contributed by atoms with Crippen molar-refractivity contribution >= 4 is 11.9 Å². The molecule has 0 radical (unpaired) electrons. The molecule has 14 heavy (non-hydrogen) atoms. The number of carbonyl (C=O) groups excluding carboxylic acids is 2. The smallest absolute Gasteiger partial charge is 0.321 e. The molecule has 0 spiro atoms. The number of nitrogens with one attached hydrogen (secondary N) is 2. The van der Waals surface area contributed by atoms with Crippen LogP contribution in [0.4, 0.5) is 4.79 Å². The van der Waals surface area contributed by atoms with Crippen molar-refractivity contribution in [2.45, 2.75) is 12.8 Å². The quantitative estimate of drug-likeness (QED) is 0.519. The van der Waals surface area contributed by atoms with Gasteiger partial charge in [0, 0.05) is 19.4 Å². The van der Waals surface area contributed by atoms with E-state index in [-0.39, 0.29) is 11.9 Å². The summed E-state index contributed by atoms with van der Waals surface area (Å²) in [6, 6.07) is -0.388. The zero-order valence-corrected chi connectivity index (χ0v) is 7.58. The summed E-state index contributed by atoms with van der Waals surface area (Å²) >= 11 is 0. The van der Waals surface area contributed by atoms with Gasteiger partial charge in [0.25, 0.3) is 0 Å². The van der Waals surface area contributed by atoms with E-state index in [4.69, 9.17) is 0 Å². The monoisotopic (exact) mass is 204 g/mol. The zero-order chi connectivity index (χ0) is 10.2. The average molecular weight is 204 g/mol. The molecule has 2 rings (SSSR count). The molecule has 80 valence electrons. The Morgan fingerprint density at radius 1 is 1.14 bits per heavy atom. The lowest BCUT2D eigenvalue weighted by Gasteiger charge is -2.10. The van der Waals surface area contributed by atoms with Crippen LogP contribution in [0.1, 0.15) is 12.8 Å². The molecule has 7 nitrogen and oxygen atoms in total. The molecule has 2 aliphatic rings. The second-order valence-corrected chi connectivity index (χ2v) is 2.62. The fraction of sp³-hybridized carbons (Fsp3) is 0.714. The van der Waals surface area contributed by atoms with Gasteiger partial charge in [-0.2, -0.15) is 0 Å². The highest BCUT2D eigenvalue weighted by atomic mass is 17.5. The lowest BCUT2D eigenvalue weighted by Crippen LogP contribution is -2.46. The number of imide groups is 1. The molecule has 0 saturated carbocycles. The Labute approximate surface area is 80.5 Å². The SMILES string of the molecule is C1COOOC1.O=C1CCNC(=O)N1. The molecule has 0 aliphatic carbocycles. The molecule has 0 aromatic carbocycles. The Morgan fingerprint density at radius 2 is 1.86 bits per heavy atom. The second kappa shape index (κ2) is 6.30. The van der Waals surface area contributed by atoms with Crippen LogP contribution in [0.5, 0.6) is 0 Å². The molecule has 2 saturated heterocycles. The summed E-state index contributed by atoms with van der Waals surface area (Å²) < 4.78 is 0. The van der Waals surface area contributed by atoms with E-state index in [1.54, 1.807) is 0 Å². The van der Waals surface area contributed by atoms with Crippen LogP contribution in [0, 0.1) is 0 Å². The lowest BCUT2D eigenvalue weighted by atomic mass is 10.3. The topological polar surface area (TPSA) is 85.9 Å². The van der Waals surface area contributed by atoms with Crippen LogP contribution in [-0.4, -0.2) is 31.7 Å². The highest BCUT2D eigenvalue weighted by Gasteiger charge is 2.11. The maximum Gasteiger partial charge on any atom is 0.321 e. The maximum absolute atomic E-state index is 10.3. The van der Waals surface area contributed by atoms with Gasteiger partial charge in [0.2, 0.25) is 5.91 Å². The van der Waals surface area contributed by atoms with Crippen molar-refractivity contribution in [2.24, 2.45) is 0 Å². The molecule has 2 N–H and O–H groups in total. The first-order chi connectivity index (χ1) is 6.79. The first-order valence-electron chi connectivity index (χ1n) is 4.28. The van der Waals surface area contributed by atoms with Crippen LogP contribution in [0.25, 0.3) is 0 Å². The van der Waals surface area contributed by atoms with Crippen LogP contribution >= 0.6 is 0 Å². The van der Waals surface area contributed by atoms with Gasteiger partial charge in [-0.1, -0.05) is 5.04 Å². The van der Waals surface area contributed by atoms with Crippen molar-refractivity contribution in [3.8, 4) is 0 Å². The molecule has 0 unspecified atom stereocenters. The molecule has 0 atom stereocenters. The summed E-state index contributed by atoms with van der Waals surface area (Å²) in [5.41, 5.74) is 0. The first kappa shape index (κ1) is 10.9. The number of hydrogen-bond donors (Lipinski definition) is 2. The van der Waals surface area contributed by atoms with E-state index in [9.17, 15) is 9.59 Å². The van der Waals surface area contributed by atoms with E-state index in [1.807, 2.05) is 0 Å². The number of urea groups is 1. The molecular formula is C7H12N2O5. The Balaban J connectivity index is 0.000000146. The van der Waals surface area contributed by atoms with Crippen molar-refractivity contribution in [3.63, 3.8) is 0 Å². The van der Waals surface area contributed by atoms with Gasteiger partial charge in [0.15, 0.2) is 0 Å². The minimum Gasteiger partial charge on any atom is -0.337 e. The van der Waals surface area contributed by atoms with Gasteiger partial charge in [-0.25, -0.2) is 14.6 Å². The van der Waals surface area contributed by atoms with Crippen LogP contribution in [0.3, 0.4) is 0 Å². The molecule has 2 aliphatic heterocycles. The summed E-state index contributed by atoms with van der Waals surface area (Å²) in [6.07, 6.45) is 1.33. The number of rotatable bonds is 0. The molecule has 0 aromatic heterocycles. The van der Waals surface area contributed by atoms with Gasteiger partial charge in [0.05, 0.1) is 13.2 Å². The molecule has 2 heterocycles. The first-order valence-corrected chi connectivity index (χ1v) is 4.28. The van der Waals surface area contributed by atoms with Crippen molar-refractivity contribution in [1.82, 2.24) is 10.6 Å². The average Bonchev–Trinajstić information content (AvgIpc) is 2.21. The largest absolute Gasteiger partial charge is 0.337 e. The highest BCUT2D eigenvalue weighted by molar-refractivity contribution is 5.96. The third kappa shape index (κ3) is 4.75. The summed E-state index contributed by atoms with van der Waals surface area (Å²) in [4.78, 5) is 29.2. The van der Waals surface area contributed by atoms with E-state index in [2.05, 4.69) is 25.4 Å². The molecule has 0 aromatic rings. The predicted octanol–water partition coefficient (Wildman–Crippen LogP) is -0.514. The van der Waals surface area contributed by atoms with Crippen LogP contribution in [0.15, 0.2) is 0 Å². The van der Waals surface area contributed by atoms with Gasteiger partial charge in [-0.3, -0.25) is 10.1 Å². The summed E-state index contributed by atoms with van der Waals surface area (Å²) in [5.74, 6) is -0.200. The Kier molecular flexibility index (Phi) is 4.90. The standard InChI is InChI=1S/C4H6N2O2.C3H6O3/c7-3-1-2-5-4(8)6-3;1-2-4-6-5-3-1/h1-2H2,(H2,5,6,7,8);1-3H2. The number of carbonyl (C=O) groups is 2. The van der Waals surface area contributed by atoms with E-state index >= 15 is 0 Å². The summed E-state index contributed by atoms with van der Waals surface area (Å²) in [7, 11) is 0. The Morgan fingerprint density at radius 3 is 2.14 bits per heavy atom. The van der Waals surface area contributed by atoms with Gasteiger partial charge in [0.1, 0.15) is 0 Å². The summed E-state index contributed by atoms with van der Waals surface area (Å²) in [5, 5.41) is 8.60. The van der Waals surface area contributed by atoms with E-state index < -0.39 is 0 Å². The van der Waals surface area contributed by atoms with E-state index in [1.165, 1.54) is 0 Å². The van der Waals surface area contributed by atoms with Gasteiger partial charge in [-0.15, -0.1) is 0 Å². The molecule has 0 bridgehead atoms. The predicted molar refractivity (Wildman–Crippen MR) is 43.8 cm³/mol. The fourth-order valence-electron chi connectivity index (χ4n) is 0.802. The Bertz CT molecular complexity index is 179. The Hall–Kier alpha value is -1.18. The zero-order valence-electron chi connectivity index (χ0n) is 7.58. The molecule has 3 amide bonds. The van der Waals surface area contributed by atoms with Crippen molar-refractivity contribution in [2.75, 3.05) is 19.8 Å². The second-order valence-electron chi connectivity index (χ2n) is 2.62. The number of hydrogen-bond acceptors (Lipinski definition) is 5. The summed E-state index contributed by atoms with van der Waals surface area (Å²) in [6.45, 7) is 1.77. The third-order valence-electron chi connectivity index (χ3n) is 1.44. The number of amides is 3. The van der Waals surface area contributed by atoms with Gasteiger partial charge in [-0.05, 0) is 0 Å².